The number of aromatic nitrogens is 2. The molecule has 1 aromatic heterocycles. The van der Waals surface area contributed by atoms with Crippen LogP contribution >= 0.6 is 0 Å². The number of phenols is 1. The van der Waals surface area contributed by atoms with Gasteiger partial charge < -0.3 is 10.1 Å². The highest BCUT2D eigenvalue weighted by molar-refractivity contribution is 5.42. The van der Waals surface area contributed by atoms with Crippen molar-refractivity contribution >= 4 is 0 Å². The van der Waals surface area contributed by atoms with Crippen molar-refractivity contribution in [2.24, 2.45) is 0 Å². The zero-order valence-corrected chi connectivity index (χ0v) is 14.8. The highest BCUT2D eigenvalue weighted by atomic mass is 16.3. The standard InChI is InChI=1S/C19H25N3O2/c1-11(2)18-20-16-5-6-22(10-15(16)19(24)21-18)9-14-7-12(3)17(23)13(4)8-14/h7-8,11,23H,5-6,9-10H2,1-4H3,(H,20,21,24). The predicted octanol–water partition coefficient (Wildman–Crippen LogP) is 2.77. The molecule has 0 bridgehead atoms. The topological polar surface area (TPSA) is 69.2 Å². The van der Waals surface area contributed by atoms with Gasteiger partial charge in [0.15, 0.2) is 0 Å². The number of nitrogens with zero attached hydrogens (tertiary/aromatic N) is 2. The first-order valence-electron chi connectivity index (χ1n) is 8.48. The summed E-state index contributed by atoms with van der Waals surface area (Å²) in [5.74, 6) is 1.37. The second-order valence-corrected chi connectivity index (χ2v) is 7.07. The fourth-order valence-electron chi connectivity index (χ4n) is 3.30. The number of aromatic hydroxyl groups is 1. The number of aryl methyl sites for hydroxylation is 2. The van der Waals surface area contributed by atoms with Crippen LogP contribution in [0, 0.1) is 13.8 Å². The van der Waals surface area contributed by atoms with Gasteiger partial charge in [-0.2, -0.15) is 0 Å². The quantitative estimate of drug-likeness (QED) is 0.909. The van der Waals surface area contributed by atoms with E-state index in [2.05, 4.69) is 14.9 Å². The van der Waals surface area contributed by atoms with Crippen molar-refractivity contribution in [3.05, 3.63) is 56.3 Å². The maximum absolute atomic E-state index is 12.4. The van der Waals surface area contributed by atoms with Crippen molar-refractivity contribution in [2.45, 2.75) is 53.1 Å². The number of aromatic amines is 1. The molecule has 5 heteroatoms. The second kappa shape index (κ2) is 6.40. The molecule has 0 unspecified atom stereocenters. The van der Waals surface area contributed by atoms with Crippen molar-refractivity contribution in [3.8, 4) is 5.75 Å². The number of phenolic OH excluding ortho intramolecular Hbond substituents is 1. The van der Waals surface area contributed by atoms with Gasteiger partial charge in [0, 0.05) is 32.0 Å². The average molecular weight is 327 g/mol. The van der Waals surface area contributed by atoms with Gasteiger partial charge in [0.25, 0.3) is 5.56 Å². The van der Waals surface area contributed by atoms with Crippen molar-refractivity contribution in [2.75, 3.05) is 6.54 Å². The number of nitrogens with one attached hydrogen (secondary N) is 1. The smallest absolute Gasteiger partial charge is 0.255 e. The van der Waals surface area contributed by atoms with E-state index in [4.69, 9.17) is 0 Å². The largest absolute Gasteiger partial charge is 0.507 e. The van der Waals surface area contributed by atoms with E-state index in [9.17, 15) is 9.90 Å². The lowest BCUT2D eigenvalue weighted by Crippen LogP contribution is -2.36. The normalized spacial score (nSPS) is 14.9. The number of hydrogen-bond acceptors (Lipinski definition) is 4. The fraction of sp³-hybridized carbons (Fsp3) is 0.474. The Balaban J connectivity index is 1.82. The minimum absolute atomic E-state index is 0.00790. The molecule has 0 amide bonds. The average Bonchev–Trinajstić information content (AvgIpc) is 2.52. The second-order valence-electron chi connectivity index (χ2n) is 7.07. The Bertz CT molecular complexity index is 801. The molecule has 1 aliphatic heterocycles. The van der Waals surface area contributed by atoms with E-state index in [1.54, 1.807) is 0 Å². The number of H-pyrrole nitrogens is 1. The Kier molecular flexibility index (Phi) is 4.45. The maximum Gasteiger partial charge on any atom is 0.255 e. The summed E-state index contributed by atoms with van der Waals surface area (Å²) in [5.41, 5.74) is 4.67. The van der Waals surface area contributed by atoms with Crippen LogP contribution in [0.3, 0.4) is 0 Å². The number of benzene rings is 1. The van der Waals surface area contributed by atoms with E-state index in [0.717, 1.165) is 53.3 Å². The van der Waals surface area contributed by atoms with Gasteiger partial charge in [-0.1, -0.05) is 26.0 Å². The first-order chi connectivity index (χ1) is 11.3. The molecular formula is C19H25N3O2. The number of fused-ring (bicyclic) bond motifs is 1. The van der Waals surface area contributed by atoms with Crippen LogP contribution in [0.1, 0.15) is 53.5 Å². The fourth-order valence-corrected chi connectivity index (χ4v) is 3.30. The Morgan fingerprint density at radius 2 is 1.96 bits per heavy atom. The van der Waals surface area contributed by atoms with Crippen LogP contribution in [0.25, 0.3) is 0 Å². The molecule has 0 spiro atoms. The van der Waals surface area contributed by atoms with Crippen molar-refractivity contribution in [3.63, 3.8) is 0 Å². The summed E-state index contributed by atoms with van der Waals surface area (Å²) in [5, 5.41) is 9.91. The Morgan fingerprint density at radius 3 is 2.58 bits per heavy atom. The molecule has 128 valence electrons. The van der Waals surface area contributed by atoms with Crippen LogP contribution in [0.15, 0.2) is 16.9 Å². The lowest BCUT2D eigenvalue weighted by molar-refractivity contribution is 0.241. The summed E-state index contributed by atoms with van der Waals surface area (Å²) in [6.07, 6.45) is 0.801. The SMILES string of the molecule is Cc1cc(CN2CCc3nc(C(C)C)[nH]c(=O)c3C2)cc(C)c1O. The lowest BCUT2D eigenvalue weighted by atomic mass is 10.0. The summed E-state index contributed by atoms with van der Waals surface area (Å²) in [6.45, 7) is 10.2. The molecule has 3 rings (SSSR count). The van der Waals surface area contributed by atoms with Gasteiger partial charge in [-0.15, -0.1) is 0 Å². The van der Waals surface area contributed by atoms with Gasteiger partial charge in [0.2, 0.25) is 0 Å². The highest BCUT2D eigenvalue weighted by Gasteiger charge is 2.22. The van der Waals surface area contributed by atoms with Gasteiger partial charge in [0.05, 0.1) is 11.3 Å². The molecule has 0 saturated carbocycles. The van der Waals surface area contributed by atoms with E-state index in [1.165, 1.54) is 0 Å². The van der Waals surface area contributed by atoms with E-state index in [-0.39, 0.29) is 11.5 Å². The van der Waals surface area contributed by atoms with Crippen LogP contribution in [0.4, 0.5) is 0 Å². The molecule has 2 heterocycles. The first-order valence-corrected chi connectivity index (χ1v) is 8.48. The molecule has 2 N–H and O–H groups in total. The first kappa shape index (κ1) is 16.7. The van der Waals surface area contributed by atoms with Gasteiger partial charge >= 0.3 is 0 Å². The minimum atomic E-state index is -0.00790. The van der Waals surface area contributed by atoms with E-state index in [0.29, 0.717) is 12.3 Å². The summed E-state index contributed by atoms with van der Waals surface area (Å²) in [7, 11) is 0. The highest BCUT2D eigenvalue weighted by Crippen LogP contribution is 2.25. The molecule has 0 radical (unpaired) electrons. The third kappa shape index (κ3) is 3.22. The van der Waals surface area contributed by atoms with Crippen LogP contribution in [0.2, 0.25) is 0 Å². The van der Waals surface area contributed by atoms with Crippen molar-refractivity contribution < 1.29 is 5.11 Å². The zero-order chi connectivity index (χ0) is 17.4. The Labute approximate surface area is 142 Å². The number of hydrogen-bond donors (Lipinski definition) is 2. The maximum atomic E-state index is 12.4. The molecular weight excluding hydrogens is 302 g/mol. The molecule has 0 fully saturated rings. The molecule has 0 saturated heterocycles. The zero-order valence-electron chi connectivity index (χ0n) is 14.8. The monoisotopic (exact) mass is 327 g/mol. The Hall–Kier alpha value is -2.14. The van der Waals surface area contributed by atoms with E-state index in [1.807, 2.05) is 39.8 Å². The summed E-state index contributed by atoms with van der Waals surface area (Å²) >= 11 is 0. The van der Waals surface area contributed by atoms with Gasteiger partial charge in [-0.25, -0.2) is 4.98 Å². The summed E-state index contributed by atoms with van der Waals surface area (Å²) < 4.78 is 0. The van der Waals surface area contributed by atoms with Gasteiger partial charge in [-0.3, -0.25) is 9.69 Å². The molecule has 1 aromatic carbocycles. The minimum Gasteiger partial charge on any atom is -0.507 e. The van der Waals surface area contributed by atoms with Gasteiger partial charge in [-0.05, 0) is 30.5 Å². The summed E-state index contributed by atoms with van der Waals surface area (Å²) in [4.78, 5) is 22.2. The molecule has 2 aromatic rings. The molecule has 5 nitrogen and oxygen atoms in total. The summed E-state index contributed by atoms with van der Waals surface area (Å²) in [6, 6.07) is 4.03. The third-order valence-electron chi connectivity index (χ3n) is 4.67. The van der Waals surface area contributed by atoms with E-state index < -0.39 is 0 Å². The third-order valence-corrected chi connectivity index (χ3v) is 4.67. The van der Waals surface area contributed by atoms with Crippen LogP contribution < -0.4 is 5.56 Å². The molecule has 0 atom stereocenters. The molecule has 0 aliphatic carbocycles. The Morgan fingerprint density at radius 1 is 1.29 bits per heavy atom. The van der Waals surface area contributed by atoms with Crippen LogP contribution in [-0.2, 0) is 19.5 Å². The van der Waals surface area contributed by atoms with Crippen molar-refractivity contribution in [1.29, 1.82) is 0 Å². The van der Waals surface area contributed by atoms with Crippen LogP contribution in [-0.4, -0.2) is 26.5 Å². The molecule has 1 aliphatic rings. The lowest BCUT2D eigenvalue weighted by Gasteiger charge is -2.28. The predicted molar refractivity (Wildman–Crippen MR) is 94.3 cm³/mol. The van der Waals surface area contributed by atoms with Crippen LogP contribution in [0.5, 0.6) is 5.75 Å². The molecule has 24 heavy (non-hydrogen) atoms. The van der Waals surface area contributed by atoms with E-state index >= 15 is 0 Å². The number of rotatable bonds is 3. The van der Waals surface area contributed by atoms with Crippen molar-refractivity contribution in [1.82, 2.24) is 14.9 Å². The van der Waals surface area contributed by atoms with Gasteiger partial charge in [0.1, 0.15) is 11.6 Å².